The van der Waals surface area contributed by atoms with Crippen LogP contribution in [0.15, 0.2) is 22.8 Å². The first-order valence-electron chi connectivity index (χ1n) is 4.50. The van der Waals surface area contributed by atoms with Crippen molar-refractivity contribution in [2.75, 3.05) is 6.54 Å². The third-order valence-corrected chi connectivity index (χ3v) is 2.41. The SMILES string of the molecule is NCCCc1nc2ccc(Br)cn2n1. The van der Waals surface area contributed by atoms with Gasteiger partial charge in [0.1, 0.15) is 0 Å². The first kappa shape index (κ1) is 9.61. The average Bonchev–Trinajstić information content (AvgIpc) is 2.56. The summed E-state index contributed by atoms with van der Waals surface area (Å²) in [6.45, 7) is 0.680. The minimum atomic E-state index is 0.680. The summed E-state index contributed by atoms with van der Waals surface area (Å²) in [5, 5.41) is 4.33. The standard InChI is InChI=1S/C9H11BrN4/c10-7-3-4-9-12-8(2-1-5-11)13-14(9)6-7/h3-4,6H,1-2,5,11H2. The molecule has 4 nitrogen and oxygen atoms in total. The van der Waals surface area contributed by atoms with Crippen LogP contribution in [0, 0.1) is 0 Å². The van der Waals surface area contributed by atoms with Crippen LogP contribution in [0.5, 0.6) is 0 Å². The molecule has 0 aromatic carbocycles. The Kier molecular flexibility index (Phi) is 2.79. The van der Waals surface area contributed by atoms with E-state index in [0.717, 1.165) is 28.8 Å². The zero-order valence-electron chi connectivity index (χ0n) is 7.65. The van der Waals surface area contributed by atoms with Crippen molar-refractivity contribution in [2.24, 2.45) is 5.73 Å². The van der Waals surface area contributed by atoms with E-state index in [1.54, 1.807) is 4.52 Å². The second-order valence-electron chi connectivity index (χ2n) is 3.07. The van der Waals surface area contributed by atoms with Gasteiger partial charge in [-0.05, 0) is 41.0 Å². The van der Waals surface area contributed by atoms with Gasteiger partial charge in [0.2, 0.25) is 0 Å². The highest BCUT2D eigenvalue weighted by molar-refractivity contribution is 9.10. The number of aryl methyl sites for hydroxylation is 1. The molecular weight excluding hydrogens is 244 g/mol. The summed E-state index contributed by atoms with van der Waals surface area (Å²) in [5.74, 6) is 0.855. The van der Waals surface area contributed by atoms with Gasteiger partial charge in [0.05, 0.1) is 0 Å². The maximum absolute atomic E-state index is 5.42. The summed E-state index contributed by atoms with van der Waals surface area (Å²) in [5.41, 5.74) is 6.30. The van der Waals surface area contributed by atoms with Crippen LogP contribution in [0.4, 0.5) is 0 Å². The molecule has 74 valence electrons. The number of nitrogens with zero attached hydrogens (tertiary/aromatic N) is 3. The number of fused-ring (bicyclic) bond motifs is 1. The molecule has 0 saturated carbocycles. The molecule has 0 atom stereocenters. The molecule has 0 amide bonds. The Morgan fingerprint density at radius 1 is 1.43 bits per heavy atom. The molecule has 0 saturated heterocycles. The fourth-order valence-electron chi connectivity index (χ4n) is 1.27. The number of aromatic nitrogens is 3. The van der Waals surface area contributed by atoms with Crippen molar-refractivity contribution in [2.45, 2.75) is 12.8 Å². The molecule has 0 radical (unpaired) electrons. The summed E-state index contributed by atoms with van der Waals surface area (Å²) < 4.78 is 2.77. The van der Waals surface area contributed by atoms with Gasteiger partial charge in [-0.15, -0.1) is 0 Å². The smallest absolute Gasteiger partial charge is 0.155 e. The number of hydrogen-bond donors (Lipinski definition) is 1. The van der Waals surface area contributed by atoms with Crippen molar-refractivity contribution in [1.29, 1.82) is 0 Å². The predicted octanol–water partition coefficient (Wildman–Crippen LogP) is 1.38. The number of halogens is 1. The molecule has 0 aliphatic rings. The third-order valence-electron chi connectivity index (χ3n) is 1.94. The van der Waals surface area contributed by atoms with Crippen molar-refractivity contribution in [1.82, 2.24) is 14.6 Å². The Balaban J connectivity index is 2.32. The van der Waals surface area contributed by atoms with E-state index in [-0.39, 0.29) is 0 Å². The second kappa shape index (κ2) is 4.06. The summed E-state index contributed by atoms with van der Waals surface area (Å²) in [4.78, 5) is 4.37. The zero-order valence-corrected chi connectivity index (χ0v) is 9.24. The summed E-state index contributed by atoms with van der Waals surface area (Å²) in [6, 6.07) is 3.89. The minimum Gasteiger partial charge on any atom is -0.330 e. The highest BCUT2D eigenvalue weighted by atomic mass is 79.9. The first-order valence-corrected chi connectivity index (χ1v) is 5.30. The molecule has 2 N–H and O–H groups in total. The number of rotatable bonds is 3. The van der Waals surface area contributed by atoms with Crippen LogP contribution in [0.3, 0.4) is 0 Å². The zero-order chi connectivity index (χ0) is 9.97. The largest absolute Gasteiger partial charge is 0.330 e. The first-order chi connectivity index (χ1) is 6.79. The monoisotopic (exact) mass is 254 g/mol. The topological polar surface area (TPSA) is 56.2 Å². The molecule has 5 heteroatoms. The predicted molar refractivity (Wildman–Crippen MR) is 58.1 cm³/mol. The second-order valence-corrected chi connectivity index (χ2v) is 3.99. The molecule has 0 aliphatic heterocycles. The fourth-order valence-corrected chi connectivity index (χ4v) is 1.60. The van der Waals surface area contributed by atoms with Gasteiger partial charge < -0.3 is 5.73 Å². The molecule has 2 aromatic heterocycles. The van der Waals surface area contributed by atoms with Crippen LogP contribution >= 0.6 is 15.9 Å². The lowest BCUT2D eigenvalue weighted by atomic mass is 10.3. The van der Waals surface area contributed by atoms with Crippen molar-refractivity contribution in [3.8, 4) is 0 Å². The lowest BCUT2D eigenvalue weighted by Gasteiger charge is -1.90. The highest BCUT2D eigenvalue weighted by Crippen LogP contribution is 2.10. The molecule has 0 spiro atoms. The minimum absolute atomic E-state index is 0.680. The van der Waals surface area contributed by atoms with E-state index in [9.17, 15) is 0 Å². The summed E-state index contributed by atoms with van der Waals surface area (Å²) >= 11 is 3.39. The van der Waals surface area contributed by atoms with Gasteiger partial charge in [-0.1, -0.05) is 0 Å². The van der Waals surface area contributed by atoms with Gasteiger partial charge in [-0.3, -0.25) is 0 Å². The van der Waals surface area contributed by atoms with E-state index in [4.69, 9.17) is 5.73 Å². The van der Waals surface area contributed by atoms with Crippen LogP contribution < -0.4 is 5.73 Å². The van der Waals surface area contributed by atoms with Crippen molar-refractivity contribution in [3.05, 3.63) is 28.6 Å². The molecule has 0 aliphatic carbocycles. The average molecular weight is 255 g/mol. The van der Waals surface area contributed by atoms with Crippen LogP contribution in [-0.4, -0.2) is 21.1 Å². The normalized spacial score (nSPS) is 11.0. The van der Waals surface area contributed by atoms with E-state index < -0.39 is 0 Å². The third kappa shape index (κ3) is 1.93. The molecule has 2 heterocycles. The van der Waals surface area contributed by atoms with Gasteiger partial charge in [-0.2, -0.15) is 5.10 Å². The van der Waals surface area contributed by atoms with E-state index >= 15 is 0 Å². The van der Waals surface area contributed by atoms with Crippen LogP contribution in [-0.2, 0) is 6.42 Å². The molecule has 0 unspecified atom stereocenters. The highest BCUT2D eigenvalue weighted by Gasteiger charge is 2.02. The van der Waals surface area contributed by atoms with Crippen molar-refractivity contribution >= 4 is 21.6 Å². The lowest BCUT2D eigenvalue weighted by Crippen LogP contribution is -2.01. The van der Waals surface area contributed by atoms with Gasteiger partial charge in [0.25, 0.3) is 0 Å². The fraction of sp³-hybridized carbons (Fsp3) is 0.333. The maximum atomic E-state index is 5.42. The van der Waals surface area contributed by atoms with E-state index in [0.29, 0.717) is 6.54 Å². The maximum Gasteiger partial charge on any atom is 0.155 e. The van der Waals surface area contributed by atoms with Crippen LogP contribution in [0.1, 0.15) is 12.2 Å². The van der Waals surface area contributed by atoms with Gasteiger partial charge in [0, 0.05) is 17.1 Å². The van der Waals surface area contributed by atoms with Gasteiger partial charge >= 0.3 is 0 Å². The molecular formula is C9H11BrN4. The Hall–Kier alpha value is -0.940. The van der Waals surface area contributed by atoms with Crippen LogP contribution in [0.2, 0.25) is 0 Å². The number of pyridine rings is 1. The van der Waals surface area contributed by atoms with E-state index in [1.807, 2.05) is 18.3 Å². The van der Waals surface area contributed by atoms with E-state index in [2.05, 4.69) is 26.0 Å². The summed E-state index contributed by atoms with van der Waals surface area (Å²) in [6.07, 6.45) is 3.67. The van der Waals surface area contributed by atoms with E-state index in [1.165, 1.54) is 0 Å². The Morgan fingerprint density at radius 2 is 2.29 bits per heavy atom. The molecule has 2 aromatic rings. The van der Waals surface area contributed by atoms with Gasteiger partial charge in [0.15, 0.2) is 11.5 Å². The summed E-state index contributed by atoms with van der Waals surface area (Å²) in [7, 11) is 0. The Morgan fingerprint density at radius 3 is 3.07 bits per heavy atom. The van der Waals surface area contributed by atoms with Crippen LogP contribution in [0.25, 0.3) is 5.65 Å². The molecule has 0 bridgehead atoms. The van der Waals surface area contributed by atoms with Gasteiger partial charge in [-0.25, -0.2) is 9.50 Å². The van der Waals surface area contributed by atoms with Crippen molar-refractivity contribution < 1.29 is 0 Å². The van der Waals surface area contributed by atoms with Crippen molar-refractivity contribution in [3.63, 3.8) is 0 Å². The Labute approximate surface area is 90.3 Å². The molecule has 0 fully saturated rings. The molecule has 14 heavy (non-hydrogen) atoms. The Bertz CT molecular complexity index is 437. The number of hydrogen-bond acceptors (Lipinski definition) is 3. The lowest BCUT2D eigenvalue weighted by molar-refractivity contribution is 0.774. The number of nitrogens with two attached hydrogens (primary N) is 1. The quantitative estimate of drug-likeness (QED) is 0.901. The molecule has 2 rings (SSSR count).